The first-order chi connectivity index (χ1) is 12.7. The van der Waals surface area contributed by atoms with E-state index in [9.17, 15) is 9.90 Å². The zero-order chi connectivity index (χ0) is 21.1. The summed E-state index contributed by atoms with van der Waals surface area (Å²) in [6, 6.07) is 0.116. The third-order valence-corrected chi connectivity index (χ3v) is 6.53. The lowest BCUT2D eigenvalue weighted by Crippen LogP contribution is -2.64. The molecular weight excluding hydrogens is 352 g/mol. The molecule has 0 radical (unpaired) electrons. The number of ether oxygens (including phenoxy) is 1. The number of fused-ring (bicyclic) bond motifs is 1. The highest BCUT2D eigenvalue weighted by Crippen LogP contribution is 2.43. The number of hydrogen-bond acceptors (Lipinski definition) is 4. The molecule has 5 nitrogen and oxygen atoms in total. The van der Waals surface area contributed by atoms with Crippen LogP contribution >= 0.6 is 0 Å². The summed E-state index contributed by atoms with van der Waals surface area (Å²) in [7, 11) is 0. The highest BCUT2D eigenvalue weighted by molar-refractivity contribution is 5.86. The number of phenolic OH excluding ortho intramolecular Hbond substituents is 1. The second-order valence-electron chi connectivity index (χ2n) is 10.3. The van der Waals surface area contributed by atoms with E-state index < -0.39 is 5.60 Å². The van der Waals surface area contributed by atoms with E-state index >= 15 is 0 Å². The Kier molecular flexibility index (Phi) is 4.98. The fourth-order valence-corrected chi connectivity index (χ4v) is 5.17. The van der Waals surface area contributed by atoms with E-state index in [1.165, 1.54) is 0 Å². The number of phenols is 1. The number of carbonyl (C=O) groups is 1. The van der Waals surface area contributed by atoms with Gasteiger partial charge in [-0.05, 0) is 91.3 Å². The molecule has 2 heterocycles. The third kappa shape index (κ3) is 3.73. The lowest BCUT2D eigenvalue weighted by molar-refractivity contribution is -0.138. The molecule has 0 aliphatic carbocycles. The maximum absolute atomic E-state index is 13.3. The SMILES string of the molecule is Cc1c(C)c2c(c(C)c1O)CCC(C)(C(=O)NC1CC(C)(C)NC(C)(C)C1)O2. The van der Waals surface area contributed by atoms with Crippen LogP contribution in [0.1, 0.15) is 76.1 Å². The number of benzene rings is 1. The molecule has 2 aliphatic heterocycles. The van der Waals surface area contributed by atoms with Gasteiger partial charge >= 0.3 is 0 Å². The molecule has 28 heavy (non-hydrogen) atoms. The topological polar surface area (TPSA) is 70.6 Å². The summed E-state index contributed by atoms with van der Waals surface area (Å²) >= 11 is 0. The predicted molar refractivity (Wildman–Crippen MR) is 112 cm³/mol. The summed E-state index contributed by atoms with van der Waals surface area (Å²) < 4.78 is 6.34. The molecule has 2 aliphatic rings. The molecule has 0 aromatic heterocycles. The standard InChI is InChI=1S/C23H36N2O3/c1-13-14(2)19-17(15(3)18(13)26)9-10-23(8,28-19)20(27)24-16-11-21(4,5)25-22(6,7)12-16/h16,25-26H,9-12H2,1-8H3,(H,24,27). The van der Waals surface area contributed by atoms with E-state index in [0.29, 0.717) is 12.2 Å². The fraction of sp³-hybridized carbons (Fsp3) is 0.696. The van der Waals surface area contributed by atoms with Crippen LogP contribution in [0.3, 0.4) is 0 Å². The van der Waals surface area contributed by atoms with Gasteiger partial charge in [0.15, 0.2) is 5.60 Å². The third-order valence-electron chi connectivity index (χ3n) is 6.53. The molecule has 0 bridgehead atoms. The average molecular weight is 389 g/mol. The molecule has 1 aromatic rings. The summed E-state index contributed by atoms with van der Waals surface area (Å²) in [6.45, 7) is 16.4. The number of carbonyl (C=O) groups excluding carboxylic acids is 1. The van der Waals surface area contributed by atoms with Crippen molar-refractivity contribution in [2.75, 3.05) is 0 Å². The van der Waals surface area contributed by atoms with Crippen LogP contribution in [-0.4, -0.2) is 33.7 Å². The van der Waals surface area contributed by atoms with Crippen molar-refractivity contribution in [2.24, 2.45) is 0 Å². The van der Waals surface area contributed by atoms with Crippen LogP contribution < -0.4 is 15.4 Å². The van der Waals surface area contributed by atoms with Crippen LogP contribution in [0.15, 0.2) is 0 Å². The van der Waals surface area contributed by atoms with Crippen molar-refractivity contribution in [2.45, 2.75) is 104 Å². The van der Waals surface area contributed by atoms with Gasteiger partial charge in [0.05, 0.1) is 0 Å². The zero-order valence-corrected chi connectivity index (χ0v) is 18.7. The molecule has 1 saturated heterocycles. The van der Waals surface area contributed by atoms with Gasteiger partial charge in [-0.2, -0.15) is 0 Å². The Morgan fingerprint density at radius 3 is 2.18 bits per heavy atom. The molecule has 1 fully saturated rings. The molecule has 0 saturated carbocycles. The first-order valence-corrected chi connectivity index (χ1v) is 10.4. The summed E-state index contributed by atoms with van der Waals surface area (Å²) in [4.78, 5) is 13.3. The lowest BCUT2D eigenvalue weighted by atomic mass is 9.79. The van der Waals surface area contributed by atoms with Gasteiger partial charge in [-0.25, -0.2) is 0 Å². The van der Waals surface area contributed by atoms with Crippen LogP contribution in [0.2, 0.25) is 0 Å². The van der Waals surface area contributed by atoms with Crippen molar-refractivity contribution < 1.29 is 14.6 Å². The Balaban J connectivity index is 1.82. The minimum atomic E-state index is -0.896. The van der Waals surface area contributed by atoms with Gasteiger partial charge in [-0.3, -0.25) is 4.79 Å². The van der Waals surface area contributed by atoms with Gasteiger partial charge < -0.3 is 20.5 Å². The van der Waals surface area contributed by atoms with Crippen molar-refractivity contribution in [3.63, 3.8) is 0 Å². The molecule has 0 spiro atoms. The molecule has 1 aromatic carbocycles. The average Bonchev–Trinajstić information content (AvgIpc) is 2.55. The smallest absolute Gasteiger partial charge is 0.264 e. The lowest BCUT2D eigenvalue weighted by Gasteiger charge is -2.47. The summed E-state index contributed by atoms with van der Waals surface area (Å²) in [6.07, 6.45) is 3.11. The van der Waals surface area contributed by atoms with Crippen LogP contribution in [0.25, 0.3) is 0 Å². The Bertz CT molecular complexity index is 797. The van der Waals surface area contributed by atoms with Crippen LogP contribution in [0.5, 0.6) is 11.5 Å². The molecule has 1 unspecified atom stereocenters. The Hall–Kier alpha value is -1.75. The van der Waals surface area contributed by atoms with Crippen molar-refractivity contribution in [3.05, 3.63) is 22.3 Å². The highest BCUT2D eigenvalue weighted by atomic mass is 16.5. The van der Waals surface area contributed by atoms with Crippen LogP contribution in [-0.2, 0) is 11.2 Å². The number of piperidine rings is 1. The number of rotatable bonds is 2. The number of aromatic hydroxyl groups is 1. The first kappa shape index (κ1) is 21.0. The number of amides is 1. The molecule has 156 valence electrons. The monoisotopic (exact) mass is 388 g/mol. The molecule has 3 rings (SSSR count). The minimum Gasteiger partial charge on any atom is -0.507 e. The summed E-state index contributed by atoms with van der Waals surface area (Å²) in [5.41, 5.74) is 2.68. The highest BCUT2D eigenvalue weighted by Gasteiger charge is 2.44. The fourth-order valence-electron chi connectivity index (χ4n) is 5.17. The van der Waals surface area contributed by atoms with E-state index in [-0.39, 0.29) is 23.0 Å². The Morgan fingerprint density at radius 1 is 1.04 bits per heavy atom. The van der Waals surface area contributed by atoms with Gasteiger partial charge in [-0.1, -0.05) is 0 Å². The van der Waals surface area contributed by atoms with Crippen LogP contribution in [0, 0.1) is 20.8 Å². The summed E-state index contributed by atoms with van der Waals surface area (Å²) in [5.74, 6) is 1.06. The molecular formula is C23H36N2O3. The van der Waals surface area contributed by atoms with Gasteiger partial charge in [0, 0.05) is 29.1 Å². The molecule has 1 amide bonds. The van der Waals surface area contributed by atoms with Crippen molar-refractivity contribution in [1.82, 2.24) is 10.6 Å². The number of hydrogen-bond donors (Lipinski definition) is 3. The maximum Gasteiger partial charge on any atom is 0.264 e. The predicted octanol–water partition coefficient (Wildman–Crippen LogP) is 3.83. The molecule has 1 atom stereocenters. The van der Waals surface area contributed by atoms with Gasteiger partial charge in [0.2, 0.25) is 0 Å². The van der Waals surface area contributed by atoms with Crippen molar-refractivity contribution in [1.29, 1.82) is 0 Å². The quantitative estimate of drug-likeness (QED) is 0.720. The second kappa shape index (κ2) is 6.65. The maximum atomic E-state index is 13.3. The minimum absolute atomic E-state index is 0.0248. The van der Waals surface area contributed by atoms with Crippen molar-refractivity contribution >= 4 is 5.91 Å². The van der Waals surface area contributed by atoms with E-state index in [2.05, 4.69) is 38.3 Å². The number of nitrogens with one attached hydrogen (secondary N) is 2. The Labute approximate surface area is 169 Å². The Morgan fingerprint density at radius 2 is 1.61 bits per heavy atom. The zero-order valence-electron chi connectivity index (χ0n) is 18.7. The molecule has 5 heteroatoms. The first-order valence-electron chi connectivity index (χ1n) is 10.4. The van der Waals surface area contributed by atoms with Crippen LogP contribution in [0.4, 0.5) is 0 Å². The molecule has 3 N–H and O–H groups in total. The van der Waals surface area contributed by atoms with E-state index in [0.717, 1.165) is 47.3 Å². The second-order valence-corrected chi connectivity index (χ2v) is 10.3. The largest absolute Gasteiger partial charge is 0.507 e. The van der Waals surface area contributed by atoms with Crippen molar-refractivity contribution in [3.8, 4) is 11.5 Å². The van der Waals surface area contributed by atoms with Gasteiger partial charge in [0.25, 0.3) is 5.91 Å². The van der Waals surface area contributed by atoms with E-state index in [4.69, 9.17) is 4.74 Å². The van der Waals surface area contributed by atoms with E-state index in [1.54, 1.807) is 0 Å². The van der Waals surface area contributed by atoms with Gasteiger partial charge in [0.1, 0.15) is 11.5 Å². The normalized spacial score (nSPS) is 26.3. The van der Waals surface area contributed by atoms with Gasteiger partial charge in [-0.15, -0.1) is 0 Å². The van der Waals surface area contributed by atoms with E-state index in [1.807, 2.05) is 27.7 Å². The summed E-state index contributed by atoms with van der Waals surface area (Å²) in [5, 5.41) is 17.3.